The first kappa shape index (κ1) is 18.3. The summed E-state index contributed by atoms with van der Waals surface area (Å²) in [4.78, 5) is 17.6. The number of aryl methyl sites for hydroxylation is 1. The largest absolute Gasteiger partial charge is 0.378 e. The number of pyridine rings is 1. The lowest BCUT2D eigenvalue weighted by atomic mass is 10.1. The molecule has 8 heteroatoms. The van der Waals surface area contributed by atoms with Crippen LogP contribution in [0.5, 0.6) is 0 Å². The van der Waals surface area contributed by atoms with Gasteiger partial charge in [-0.3, -0.25) is 9.69 Å². The van der Waals surface area contributed by atoms with E-state index in [1.165, 1.54) is 25.1 Å². The first-order valence-corrected chi connectivity index (χ1v) is 10.8. The third-order valence-corrected chi connectivity index (χ3v) is 6.83. The molecule has 0 radical (unpaired) electrons. The van der Waals surface area contributed by atoms with Crippen LogP contribution in [0.25, 0.3) is 0 Å². The van der Waals surface area contributed by atoms with Crippen molar-refractivity contribution in [3.8, 4) is 0 Å². The highest BCUT2D eigenvalue weighted by molar-refractivity contribution is 9.10. The molecule has 3 fully saturated rings. The van der Waals surface area contributed by atoms with E-state index in [4.69, 9.17) is 4.74 Å². The van der Waals surface area contributed by atoms with Crippen LogP contribution in [-0.4, -0.2) is 65.3 Å². The van der Waals surface area contributed by atoms with Gasteiger partial charge in [-0.05, 0) is 47.0 Å². The summed E-state index contributed by atoms with van der Waals surface area (Å²) in [6, 6.07) is 3.74. The number of dihydropyridines is 1. The van der Waals surface area contributed by atoms with Crippen molar-refractivity contribution in [2.24, 2.45) is 7.05 Å². The normalized spacial score (nSPS) is 27.7. The molecule has 1 aromatic heterocycles. The second-order valence-corrected chi connectivity index (χ2v) is 8.96. The number of hydrogen-bond acceptors (Lipinski definition) is 6. The average Bonchev–Trinajstić information content (AvgIpc) is 3.22. The number of hydrogen-bond donors (Lipinski definition) is 2. The van der Waals surface area contributed by atoms with Crippen molar-refractivity contribution >= 4 is 21.6 Å². The number of likely N-dealkylation sites (tertiary alicyclic amines) is 2. The average molecular weight is 448 g/mol. The molecule has 0 aliphatic carbocycles. The minimum absolute atomic E-state index is 0.0471. The fourth-order valence-corrected chi connectivity index (χ4v) is 5.45. The van der Waals surface area contributed by atoms with Crippen molar-refractivity contribution < 1.29 is 4.74 Å². The molecule has 150 valence electrons. The molecule has 0 amide bonds. The fourth-order valence-electron chi connectivity index (χ4n) is 4.92. The summed E-state index contributed by atoms with van der Waals surface area (Å²) < 4.78 is 7.85. The molecule has 3 saturated heterocycles. The molecule has 28 heavy (non-hydrogen) atoms. The zero-order valence-electron chi connectivity index (χ0n) is 16.0. The number of fused-ring (bicyclic) bond motifs is 1. The molecular weight excluding hydrogens is 422 g/mol. The quantitative estimate of drug-likeness (QED) is 0.727. The van der Waals surface area contributed by atoms with E-state index in [0.717, 1.165) is 36.6 Å². The van der Waals surface area contributed by atoms with Gasteiger partial charge in [0.25, 0.3) is 5.56 Å². The summed E-state index contributed by atoms with van der Waals surface area (Å²) in [6.07, 6.45) is 8.47. The molecule has 2 N–H and O–H groups in total. The predicted octanol–water partition coefficient (Wildman–Crippen LogP) is 1.44. The molecular formula is C20H26BrN5O2. The van der Waals surface area contributed by atoms with E-state index in [-0.39, 0.29) is 5.56 Å². The van der Waals surface area contributed by atoms with Crippen LogP contribution in [-0.2, 0) is 11.8 Å². The fraction of sp³-hybridized carbons (Fsp3) is 0.550. The number of halogens is 1. The molecule has 0 saturated carbocycles. The van der Waals surface area contributed by atoms with Crippen LogP contribution in [0.1, 0.15) is 12.8 Å². The first-order chi connectivity index (χ1) is 13.6. The Morgan fingerprint density at radius 1 is 1.21 bits per heavy atom. The van der Waals surface area contributed by atoms with Gasteiger partial charge in [0.15, 0.2) is 0 Å². The summed E-state index contributed by atoms with van der Waals surface area (Å²) in [5.41, 5.74) is 1.85. The zero-order chi connectivity index (χ0) is 19.3. The van der Waals surface area contributed by atoms with Crippen molar-refractivity contribution in [2.45, 2.75) is 31.0 Å². The molecule has 2 atom stereocenters. The van der Waals surface area contributed by atoms with E-state index in [1.54, 1.807) is 17.8 Å². The van der Waals surface area contributed by atoms with E-state index in [2.05, 4.69) is 42.4 Å². The van der Waals surface area contributed by atoms with E-state index in [9.17, 15) is 4.79 Å². The van der Waals surface area contributed by atoms with Crippen molar-refractivity contribution in [3.05, 3.63) is 50.8 Å². The monoisotopic (exact) mass is 447 g/mol. The van der Waals surface area contributed by atoms with Gasteiger partial charge in [0.2, 0.25) is 0 Å². The number of allylic oxidation sites excluding steroid dienone is 2. The minimum Gasteiger partial charge on any atom is -0.378 e. The van der Waals surface area contributed by atoms with Crippen LogP contribution < -0.4 is 16.2 Å². The van der Waals surface area contributed by atoms with Gasteiger partial charge >= 0.3 is 0 Å². The molecule has 0 aromatic carbocycles. The SMILES string of the molecule is Cn1cc(Br)cc(NC2=CC=C(N3CCC4C3CCN4C3COC3)CN2)c1=O. The van der Waals surface area contributed by atoms with Gasteiger partial charge in [-0.15, -0.1) is 0 Å². The Hall–Kier alpha value is -1.77. The van der Waals surface area contributed by atoms with Gasteiger partial charge in [0.05, 0.1) is 25.8 Å². The van der Waals surface area contributed by atoms with E-state index in [1.807, 2.05) is 12.1 Å². The summed E-state index contributed by atoms with van der Waals surface area (Å²) in [7, 11) is 1.75. The number of rotatable bonds is 4. The van der Waals surface area contributed by atoms with E-state index >= 15 is 0 Å². The van der Waals surface area contributed by atoms with Crippen LogP contribution >= 0.6 is 15.9 Å². The maximum Gasteiger partial charge on any atom is 0.274 e. The molecule has 7 nitrogen and oxygen atoms in total. The van der Waals surface area contributed by atoms with Gasteiger partial charge < -0.3 is 24.8 Å². The topological polar surface area (TPSA) is 61.8 Å². The zero-order valence-corrected chi connectivity index (χ0v) is 17.6. The maximum absolute atomic E-state index is 12.3. The number of ether oxygens (including phenoxy) is 1. The molecule has 0 spiro atoms. The summed E-state index contributed by atoms with van der Waals surface area (Å²) >= 11 is 3.45. The Bertz CT molecular complexity index is 891. The second kappa shape index (κ2) is 7.24. The van der Waals surface area contributed by atoms with Crippen LogP contribution in [0.2, 0.25) is 0 Å². The minimum atomic E-state index is -0.0471. The smallest absolute Gasteiger partial charge is 0.274 e. The number of aromatic nitrogens is 1. The highest BCUT2D eigenvalue weighted by Crippen LogP contribution is 2.36. The Morgan fingerprint density at radius 2 is 2.04 bits per heavy atom. The highest BCUT2D eigenvalue weighted by atomic mass is 79.9. The van der Waals surface area contributed by atoms with Crippen molar-refractivity contribution in [1.82, 2.24) is 19.7 Å². The van der Waals surface area contributed by atoms with Gasteiger partial charge in [0.1, 0.15) is 11.5 Å². The summed E-state index contributed by atoms with van der Waals surface area (Å²) in [6.45, 7) is 4.90. The molecule has 5 heterocycles. The van der Waals surface area contributed by atoms with Crippen LogP contribution in [0.4, 0.5) is 5.69 Å². The first-order valence-electron chi connectivity index (χ1n) is 9.98. The molecule has 1 aromatic rings. The van der Waals surface area contributed by atoms with E-state index < -0.39 is 0 Å². The third kappa shape index (κ3) is 3.17. The molecule has 0 bridgehead atoms. The van der Waals surface area contributed by atoms with Crippen molar-refractivity contribution in [1.29, 1.82) is 0 Å². The lowest BCUT2D eigenvalue weighted by Gasteiger charge is -2.38. The maximum atomic E-state index is 12.3. The van der Waals surface area contributed by atoms with Gasteiger partial charge in [-0.1, -0.05) is 0 Å². The van der Waals surface area contributed by atoms with Crippen LogP contribution in [0, 0.1) is 0 Å². The van der Waals surface area contributed by atoms with Crippen LogP contribution in [0.3, 0.4) is 0 Å². The number of nitrogens with one attached hydrogen (secondary N) is 2. The predicted molar refractivity (Wildman–Crippen MR) is 112 cm³/mol. The number of nitrogens with zero attached hydrogens (tertiary/aromatic N) is 3. The number of anilines is 1. The molecule has 5 rings (SSSR count). The Kier molecular flexibility index (Phi) is 4.72. The van der Waals surface area contributed by atoms with Gasteiger partial charge in [-0.25, -0.2) is 0 Å². The Labute approximate surface area is 173 Å². The lowest BCUT2D eigenvalue weighted by Crippen LogP contribution is -2.52. The second-order valence-electron chi connectivity index (χ2n) is 8.04. The van der Waals surface area contributed by atoms with Gasteiger partial charge in [-0.2, -0.15) is 0 Å². The Balaban J connectivity index is 1.28. The van der Waals surface area contributed by atoms with Crippen molar-refractivity contribution in [3.63, 3.8) is 0 Å². The standard InChI is InChI=1S/C20H26BrN5O2/c1-24-10-13(21)8-16(20(24)27)23-19-3-2-14(9-22-19)25-6-4-18-17(25)5-7-26(18)15-11-28-12-15/h2-3,8,10,15,17-18,22-23H,4-7,9,11-12H2,1H3. The molecule has 4 aliphatic rings. The Morgan fingerprint density at radius 3 is 2.75 bits per heavy atom. The molecule has 2 unspecified atom stereocenters. The molecule has 4 aliphatic heterocycles. The lowest BCUT2D eigenvalue weighted by molar-refractivity contribution is -0.0692. The summed E-state index contributed by atoms with van der Waals surface area (Å²) in [5.74, 6) is 0.856. The van der Waals surface area contributed by atoms with Gasteiger partial charge in [0, 0.05) is 48.6 Å². The van der Waals surface area contributed by atoms with Crippen LogP contribution in [0.15, 0.2) is 45.2 Å². The van der Waals surface area contributed by atoms with E-state index in [0.29, 0.717) is 23.8 Å². The highest BCUT2D eigenvalue weighted by Gasteiger charge is 2.46. The van der Waals surface area contributed by atoms with Crippen molar-refractivity contribution in [2.75, 3.05) is 38.2 Å². The summed E-state index contributed by atoms with van der Waals surface area (Å²) in [5, 5.41) is 6.67. The third-order valence-electron chi connectivity index (χ3n) is 6.40.